The third-order valence-electron chi connectivity index (χ3n) is 6.51. The van der Waals surface area contributed by atoms with Crippen LogP contribution in [0.25, 0.3) is 22.6 Å². The highest BCUT2D eigenvalue weighted by molar-refractivity contribution is 5.83. The molecule has 0 bridgehead atoms. The first-order chi connectivity index (χ1) is 17.6. The van der Waals surface area contributed by atoms with E-state index >= 15 is 0 Å². The van der Waals surface area contributed by atoms with E-state index < -0.39 is 17.4 Å². The summed E-state index contributed by atoms with van der Waals surface area (Å²) in [5.74, 6) is 0.0752. The number of piperidine rings is 1. The lowest BCUT2D eigenvalue weighted by molar-refractivity contribution is -0.147. The van der Waals surface area contributed by atoms with Crippen LogP contribution >= 0.6 is 0 Å². The number of carboxylic acid groups (broad SMARTS) is 1. The molecule has 3 aromatic rings. The summed E-state index contributed by atoms with van der Waals surface area (Å²) in [7, 11) is 1.23. The first-order valence-corrected chi connectivity index (χ1v) is 12.1. The van der Waals surface area contributed by atoms with Crippen molar-refractivity contribution < 1.29 is 34.2 Å². The molecule has 0 atom stereocenters. The molecule has 37 heavy (non-hydrogen) atoms. The summed E-state index contributed by atoms with van der Waals surface area (Å²) in [5.41, 5.74) is 1.18. The van der Waals surface area contributed by atoms with Crippen molar-refractivity contribution in [1.82, 2.24) is 14.9 Å². The van der Waals surface area contributed by atoms with Crippen LogP contribution in [0.15, 0.2) is 52.9 Å². The Kier molecular flexibility index (Phi) is 7.51. The number of benzene rings is 2. The zero-order valence-corrected chi connectivity index (χ0v) is 21.0. The molecule has 3 N–H and O–H groups in total. The highest BCUT2D eigenvalue weighted by Crippen LogP contribution is 2.41. The van der Waals surface area contributed by atoms with Crippen molar-refractivity contribution in [1.29, 1.82) is 0 Å². The van der Waals surface area contributed by atoms with E-state index in [9.17, 15) is 25.0 Å². The number of likely N-dealkylation sites (tertiary alicyclic amines) is 1. The van der Waals surface area contributed by atoms with Crippen molar-refractivity contribution in [3.63, 3.8) is 0 Å². The minimum Gasteiger partial charge on any atom is -0.491 e. The topological polar surface area (TPSA) is 137 Å². The van der Waals surface area contributed by atoms with Gasteiger partial charge in [-0.2, -0.15) is 0 Å². The van der Waals surface area contributed by atoms with Gasteiger partial charge in [0, 0.05) is 31.3 Å². The molecule has 1 aliphatic rings. The number of aromatic nitrogens is 1. The lowest BCUT2D eigenvalue weighted by atomic mass is 9.78. The van der Waals surface area contributed by atoms with Crippen molar-refractivity contribution in [2.45, 2.75) is 44.8 Å². The van der Waals surface area contributed by atoms with Gasteiger partial charge < -0.3 is 24.3 Å². The Balaban J connectivity index is 1.76. The molecule has 0 aliphatic carbocycles. The molecular weight excluding hydrogens is 478 g/mol. The number of carbonyl (C=O) groups excluding carboxylic acids is 1. The molecule has 0 unspecified atom stereocenters. The summed E-state index contributed by atoms with van der Waals surface area (Å²) < 4.78 is 12.0. The standard InChI is InChI=1S/C27H31N3O7/c1-17(2)36-21-10-8-19(9-11-21)22-23(20-6-4-18(16-31)5-7-20)37-24(28-22)27(25(32)33)12-14-30(15-13-27)26(34)29(3)35/h4-11,17,31,35H,12-16H2,1-3H3,(H,32,33). The quantitative estimate of drug-likeness (QED) is 0.319. The number of nitrogens with zero attached hydrogens (tertiary/aromatic N) is 3. The van der Waals surface area contributed by atoms with Gasteiger partial charge in [-0.1, -0.05) is 24.3 Å². The Morgan fingerprint density at radius 2 is 1.68 bits per heavy atom. The Morgan fingerprint density at radius 3 is 2.19 bits per heavy atom. The summed E-state index contributed by atoms with van der Waals surface area (Å²) in [6.45, 7) is 4.01. The number of carbonyl (C=O) groups is 2. The SMILES string of the molecule is CC(C)Oc1ccc(-c2nc(C3(C(=O)O)CCN(C(=O)N(C)O)CC3)oc2-c2ccc(CO)cc2)cc1. The van der Waals surface area contributed by atoms with Crippen LogP contribution in [-0.2, 0) is 16.8 Å². The Labute approximate surface area is 214 Å². The van der Waals surface area contributed by atoms with Gasteiger partial charge in [0.25, 0.3) is 0 Å². The molecule has 1 saturated heterocycles. The fraction of sp³-hybridized carbons (Fsp3) is 0.370. The van der Waals surface area contributed by atoms with Gasteiger partial charge in [0.05, 0.1) is 12.7 Å². The summed E-state index contributed by atoms with van der Waals surface area (Å²) >= 11 is 0. The zero-order valence-electron chi connectivity index (χ0n) is 21.0. The summed E-state index contributed by atoms with van der Waals surface area (Å²) in [4.78, 5) is 30.9. The Hall–Kier alpha value is -3.89. The number of oxazole rings is 1. The molecule has 1 aromatic heterocycles. The smallest absolute Gasteiger partial charge is 0.343 e. The molecule has 196 valence electrons. The minimum atomic E-state index is -1.44. The Morgan fingerprint density at radius 1 is 1.08 bits per heavy atom. The molecule has 0 saturated carbocycles. The monoisotopic (exact) mass is 509 g/mol. The van der Waals surface area contributed by atoms with Crippen molar-refractivity contribution in [3.8, 4) is 28.3 Å². The molecule has 1 fully saturated rings. The predicted octanol–water partition coefficient (Wildman–Crippen LogP) is 4.15. The van der Waals surface area contributed by atoms with E-state index in [4.69, 9.17) is 14.1 Å². The predicted molar refractivity (Wildman–Crippen MR) is 134 cm³/mol. The second-order valence-corrected chi connectivity index (χ2v) is 9.42. The number of hydrogen-bond acceptors (Lipinski definition) is 7. The summed E-state index contributed by atoms with van der Waals surface area (Å²) in [6.07, 6.45) is 0.168. The molecule has 1 aliphatic heterocycles. The number of ether oxygens (including phenoxy) is 1. The fourth-order valence-electron chi connectivity index (χ4n) is 4.44. The van der Waals surface area contributed by atoms with Gasteiger partial charge in [0.15, 0.2) is 5.76 Å². The van der Waals surface area contributed by atoms with Crippen LogP contribution in [-0.4, -0.2) is 68.6 Å². The van der Waals surface area contributed by atoms with Crippen molar-refractivity contribution >= 4 is 12.0 Å². The lowest BCUT2D eigenvalue weighted by Gasteiger charge is -2.37. The van der Waals surface area contributed by atoms with Crippen LogP contribution in [0.2, 0.25) is 0 Å². The molecule has 0 spiro atoms. The van der Waals surface area contributed by atoms with Gasteiger partial charge in [-0.05, 0) is 56.5 Å². The number of carboxylic acids is 1. The summed E-state index contributed by atoms with van der Waals surface area (Å²) in [6, 6.07) is 13.9. The zero-order chi connectivity index (χ0) is 26.7. The van der Waals surface area contributed by atoms with E-state index in [1.165, 1.54) is 11.9 Å². The average molecular weight is 510 g/mol. The third-order valence-corrected chi connectivity index (χ3v) is 6.51. The van der Waals surface area contributed by atoms with Gasteiger partial charge in [0.2, 0.25) is 5.89 Å². The second-order valence-electron chi connectivity index (χ2n) is 9.42. The molecule has 2 aromatic carbocycles. The summed E-state index contributed by atoms with van der Waals surface area (Å²) in [5, 5.41) is 29.7. The number of hydroxylamine groups is 2. The first-order valence-electron chi connectivity index (χ1n) is 12.1. The lowest BCUT2D eigenvalue weighted by Crippen LogP contribution is -2.51. The molecule has 2 heterocycles. The van der Waals surface area contributed by atoms with E-state index in [0.717, 1.165) is 11.1 Å². The van der Waals surface area contributed by atoms with E-state index in [1.54, 1.807) is 24.3 Å². The van der Waals surface area contributed by atoms with Crippen molar-refractivity contribution in [2.75, 3.05) is 20.1 Å². The maximum Gasteiger partial charge on any atom is 0.343 e. The van der Waals surface area contributed by atoms with Gasteiger partial charge in [-0.25, -0.2) is 14.8 Å². The highest BCUT2D eigenvalue weighted by atomic mass is 16.5. The maximum absolute atomic E-state index is 12.6. The van der Waals surface area contributed by atoms with Gasteiger partial charge in [-0.3, -0.25) is 10.0 Å². The number of hydrogen-bond donors (Lipinski definition) is 3. The number of aliphatic carboxylic acids is 1. The Bertz CT molecular complexity index is 1240. The van der Waals surface area contributed by atoms with Crippen LogP contribution in [0.3, 0.4) is 0 Å². The number of urea groups is 1. The number of aliphatic hydroxyl groups excluding tert-OH is 1. The molecule has 4 rings (SSSR count). The largest absolute Gasteiger partial charge is 0.491 e. The van der Waals surface area contributed by atoms with E-state index in [0.29, 0.717) is 27.8 Å². The van der Waals surface area contributed by atoms with Crippen LogP contribution < -0.4 is 4.74 Å². The van der Waals surface area contributed by atoms with E-state index in [-0.39, 0.29) is 44.5 Å². The molecule has 10 nitrogen and oxygen atoms in total. The van der Waals surface area contributed by atoms with Crippen LogP contribution in [0, 0.1) is 0 Å². The second kappa shape index (κ2) is 10.6. The molecular formula is C27H31N3O7. The van der Waals surface area contributed by atoms with Crippen LogP contribution in [0.4, 0.5) is 4.79 Å². The van der Waals surface area contributed by atoms with Gasteiger partial charge in [-0.15, -0.1) is 0 Å². The van der Waals surface area contributed by atoms with Crippen LogP contribution in [0.5, 0.6) is 5.75 Å². The number of amides is 2. The highest BCUT2D eigenvalue weighted by Gasteiger charge is 2.49. The van der Waals surface area contributed by atoms with Crippen molar-refractivity contribution in [2.24, 2.45) is 0 Å². The van der Waals surface area contributed by atoms with Gasteiger partial charge >= 0.3 is 12.0 Å². The maximum atomic E-state index is 12.6. The van der Waals surface area contributed by atoms with E-state index in [1.807, 2.05) is 38.1 Å². The van der Waals surface area contributed by atoms with Crippen LogP contribution in [0.1, 0.15) is 38.1 Å². The molecule has 2 amide bonds. The normalized spacial score (nSPS) is 15.0. The third kappa shape index (κ3) is 5.30. The molecule has 10 heteroatoms. The first kappa shape index (κ1) is 26.2. The van der Waals surface area contributed by atoms with Gasteiger partial charge in [0.1, 0.15) is 16.9 Å². The van der Waals surface area contributed by atoms with Crippen molar-refractivity contribution in [3.05, 3.63) is 60.0 Å². The average Bonchev–Trinajstić information content (AvgIpc) is 3.34. The number of rotatable bonds is 7. The fourth-order valence-corrected chi connectivity index (χ4v) is 4.44. The molecule has 0 radical (unpaired) electrons. The number of aliphatic hydroxyl groups is 1. The van der Waals surface area contributed by atoms with E-state index in [2.05, 4.69) is 0 Å². The minimum absolute atomic E-state index is 0.0175.